The van der Waals surface area contributed by atoms with Crippen LogP contribution in [-0.2, 0) is 9.84 Å². The first-order valence-electron chi connectivity index (χ1n) is 7.60. The Kier molecular flexibility index (Phi) is 5.10. The molecule has 2 unspecified atom stereocenters. The van der Waals surface area contributed by atoms with Crippen molar-refractivity contribution in [2.45, 2.75) is 56.1 Å². The highest BCUT2D eigenvalue weighted by atomic mass is 32.2. The van der Waals surface area contributed by atoms with Gasteiger partial charge in [-0.15, -0.1) is 0 Å². The predicted octanol–water partition coefficient (Wildman–Crippen LogP) is 0.389. The third kappa shape index (κ3) is 4.69. The zero-order chi connectivity index (χ0) is 14.8. The van der Waals surface area contributed by atoms with Crippen LogP contribution in [-0.4, -0.2) is 68.3 Å². The van der Waals surface area contributed by atoms with Crippen LogP contribution in [0.15, 0.2) is 0 Å². The molecule has 6 heteroatoms. The Hall–Kier alpha value is -0.170. The number of nitrogens with one attached hydrogen (secondary N) is 1. The molecular weight excluding hydrogens is 276 g/mol. The highest BCUT2D eigenvalue weighted by Gasteiger charge is 2.40. The van der Waals surface area contributed by atoms with Crippen molar-refractivity contribution in [1.82, 2.24) is 10.2 Å². The van der Waals surface area contributed by atoms with Gasteiger partial charge in [-0.3, -0.25) is 0 Å². The molecule has 0 heterocycles. The summed E-state index contributed by atoms with van der Waals surface area (Å²) in [5.41, 5.74) is -0.149. The number of hydrogen-bond donors (Lipinski definition) is 2. The first kappa shape index (κ1) is 16.2. The van der Waals surface area contributed by atoms with E-state index in [0.29, 0.717) is 18.6 Å². The molecule has 2 atom stereocenters. The van der Waals surface area contributed by atoms with E-state index in [1.165, 1.54) is 19.1 Å². The maximum absolute atomic E-state index is 11.3. The van der Waals surface area contributed by atoms with E-state index in [1.807, 2.05) is 7.05 Å². The van der Waals surface area contributed by atoms with Gasteiger partial charge in [-0.1, -0.05) is 0 Å². The van der Waals surface area contributed by atoms with Gasteiger partial charge in [0.1, 0.15) is 9.84 Å². The van der Waals surface area contributed by atoms with Crippen molar-refractivity contribution in [1.29, 1.82) is 0 Å². The fourth-order valence-corrected chi connectivity index (χ4v) is 3.80. The second-order valence-corrected chi connectivity index (χ2v) is 8.98. The number of nitrogens with zero attached hydrogens (tertiary/aromatic N) is 1. The molecule has 0 aromatic rings. The van der Waals surface area contributed by atoms with Crippen molar-refractivity contribution in [2.75, 3.05) is 32.2 Å². The molecule has 2 N–H and O–H groups in total. The topological polar surface area (TPSA) is 69.6 Å². The van der Waals surface area contributed by atoms with Gasteiger partial charge in [0.2, 0.25) is 0 Å². The maximum Gasteiger partial charge on any atom is 0.148 e. The average Bonchev–Trinajstić information content (AvgIpc) is 3.19. The summed E-state index contributed by atoms with van der Waals surface area (Å²) in [4.78, 5) is 2.15. The molecule has 2 fully saturated rings. The largest absolute Gasteiger partial charge is 0.394 e. The molecule has 0 aromatic heterocycles. The molecule has 0 aromatic carbocycles. The van der Waals surface area contributed by atoms with E-state index in [2.05, 4.69) is 10.2 Å². The van der Waals surface area contributed by atoms with Crippen LogP contribution in [0.4, 0.5) is 0 Å². The Bertz CT molecular complexity index is 422. The summed E-state index contributed by atoms with van der Waals surface area (Å²) in [6.45, 7) is 0.758. The molecule has 0 saturated heterocycles. The molecule has 20 heavy (non-hydrogen) atoms. The normalized spacial score (nSPS) is 31.7. The summed E-state index contributed by atoms with van der Waals surface area (Å²) in [7, 11) is -0.907. The van der Waals surface area contributed by atoms with E-state index >= 15 is 0 Å². The number of aliphatic hydroxyl groups excluding tert-OH is 1. The van der Waals surface area contributed by atoms with Gasteiger partial charge in [0, 0.05) is 30.4 Å². The zero-order valence-electron chi connectivity index (χ0n) is 12.6. The Labute approximate surface area is 122 Å². The van der Waals surface area contributed by atoms with Crippen molar-refractivity contribution in [2.24, 2.45) is 0 Å². The standard InChI is InChI=1S/C14H28N2O3S/c1-16(8-9-20(2,18)19)13-4-3-7-14(10-13,11-17)15-12-5-6-12/h12-13,15,17H,3-11H2,1-2H3. The van der Waals surface area contributed by atoms with Gasteiger partial charge >= 0.3 is 0 Å². The lowest BCUT2D eigenvalue weighted by molar-refractivity contribution is 0.0703. The number of sulfone groups is 1. The average molecular weight is 304 g/mol. The third-order valence-electron chi connectivity index (χ3n) is 4.65. The minimum absolute atomic E-state index is 0.149. The summed E-state index contributed by atoms with van der Waals surface area (Å²) in [6.07, 6.45) is 7.85. The molecule has 0 spiro atoms. The molecule has 0 amide bonds. The summed E-state index contributed by atoms with van der Waals surface area (Å²) in [5, 5.41) is 13.4. The van der Waals surface area contributed by atoms with E-state index in [9.17, 15) is 13.5 Å². The molecule has 0 aliphatic heterocycles. The lowest BCUT2D eigenvalue weighted by atomic mass is 9.78. The highest BCUT2D eigenvalue weighted by Crippen LogP contribution is 2.34. The van der Waals surface area contributed by atoms with E-state index in [4.69, 9.17) is 0 Å². The van der Waals surface area contributed by atoms with Crippen molar-refractivity contribution in [3.05, 3.63) is 0 Å². The van der Waals surface area contributed by atoms with Crippen LogP contribution >= 0.6 is 0 Å². The second kappa shape index (κ2) is 6.30. The van der Waals surface area contributed by atoms with E-state index in [-0.39, 0.29) is 17.9 Å². The van der Waals surface area contributed by atoms with Gasteiger partial charge in [0.25, 0.3) is 0 Å². The minimum atomic E-state index is -2.91. The maximum atomic E-state index is 11.3. The monoisotopic (exact) mass is 304 g/mol. The highest BCUT2D eigenvalue weighted by molar-refractivity contribution is 7.90. The fraction of sp³-hybridized carbons (Fsp3) is 1.00. The van der Waals surface area contributed by atoms with Crippen molar-refractivity contribution >= 4 is 9.84 Å². The van der Waals surface area contributed by atoms with E-state index < -0.39 is 9.84 Å². The molecule has 2 saturated carbocycles. The lowest BCUT2D eigenvalue weighted by Gasteiger charge is -2.43. The Morgan fingerprint density at radius 3 is 2.60 bits per heavy atom. The van der Waals surface area contributed by atoms with Gasteiger partial charge in [0.05, 0.1) is 12.4 Å². The molecule has 2 aliphatic carbocycles. The molecular formula is C14H28N2O3S. The predicted molar refractivity (Wildman–Crippen MR) is 80.6 cm³/mol. The molecule has 118 valence electrons. The Morgan fingerprint density at radius 1 is 1.35 bits per heavy atom. The van der Waals surface area contributed by atoms with Gasteiger partial charge in [-0.2, -0.15) is 0 Å². The molecule has 0 radical (unpaired) electrons. The SMILES string of the molecule is CN(CCS(C)(=O)=O)C1CCCC(CO)(NC2CC2)C1. The first-order chi connectivity index (χ1) is 9.34. The fourth-order valence-electron chi connectivity index (χ4n) is 3.18. The van der Waals surface area contributed by atoms with Crippen LogP contribution in [0.3, 0.4) is 0 Å². The van der Waals surface area contributed by atoms with Crippen LogP contribution < -0.4 is 5.32 Å². The van der Waals surface area contributed by atoms with Gasteiger partial charge in [-0.05, 0) is 45.6 Å². The zero-order valence-corrected chi connectivity index (χ0v) is 13.5. The summed E-state index contributed by atoms with van der Waals surface area (Å²) in [6, 6.07) is 0.950. The number of hydrogen-bond acceptors (Lipinski definition) is 5. The Balaban J connectivity index is 1.90. The van der Waals surface area contributed by atoms with Gasteiger partial charge in [-0.25, -0.2) is 8.42 Å². The molecule has 2 rings (SSSR count). The third-order valence-corrected chi connectivity index (χ3v) is 5.57. The number of rotatable bonds is 7. The smallest absolute Gasteiger partial charge is 0.148 e. The van der Waals surface area contributed by atoms with E-state index in [1.54, 1.807) is 0 Å². The van der Waals surface area contributed by atoms with E-state index in [0.717, 1.165) is 25.7 Å². The van der Waals surface area contributed by atoms with Crippen molar-refractivity contribution < 1.29 is 13.5 Å². The van der Waals surface area contributed by atoms with Gasteiger partial charge < -0.3 is 15.3 Å². The lowest BCUT2D eigenvalue weighted by Crippen LogP contribution is -2.56. The summed E-state index contributed by atoms with van der Waals surface area (Å²) < 4.78 is 22.6. The molecule has 5 nitrogen and oxygen atoms in total. The quantitative estimate of drug-likeness (QED) is 0.712. The number of aliphatic hydroxyl groups is 1. The van der Waals surface area contributed by atoms with Crippen LogP contribution in [0.25, 0.3) is 0 Å². The summed E-state index contributed by atoms with van der Waals surface area (Å²) >= 11 is 0. The van der Waals surface area contributed by atoms with Crippen molar-refractivity contribution in [3.63, 3.8) is 0 Å². The van der Waals surface area contributed by atoms with Crippen LogP contribution in [0.1, 0.15) is 38.5 Å². The van der Waals surface area contributed by atoms with Crippen LogP contribution in [0.2, 0.25) is 0 Å². The molecule has 0 bridgehead atoms. The van der Waals surface area contributed by atoms with Crippen LogP contribution in [0.5, 0.6) is 0 Å². The first-order valence-corrected chi connectivity index (χ1v) is 9.66. The second-order valence-electron chi connectivity index (χ2n) is 6.72. The Morgan fingerprint density at radius 2 is 2.05 bits per heavy atom. The van der Waals surface area contributed by atoms with Crippen LogP contribution in [0, 0.1) is 0 Å². The molecule has 2 aliphatic rings. The summed E-state index contributed by atoms with van der Waals surface area (Å²) in [5.74, 6) is 0.210. The minimum Gasteiger partial charge on any atom is -0.394 e. The van der Waals surface area contributed by atoms with Crippen molar-refractivity contribution in [3.8, 4) is 0 Å². The van der Waals surface area contributed by atoms with Gasteiger partial charge in [0.15, 0.2) is 0 Å².